The minimum Gasteiger partial charge on any atom is -0.497 e. The number of ether oxygens (including phenoxy) is 1. The van der Waals surface area contributed by atoms with Crippen molar-refractivity contribution in [1.29, 1.82) is 0 Å². The van der Waals surface area contributed by atoms with Gasteiger partial charge in [0.1, 0.15) is 10.6 Å². The lowest BCUT2D eigenvalue weighted by Crippen LogP contribution is -2.48. The van der Waals surface area contributed by atoms with Crippen LogP contribution in [0.1, 0.15) is 0 Å². The average molecular weight is 401 g/mol. The van der Waals surface area contributed by atoms with Crippen LogP contribution in [0.5, 0.6) is 5.75 Å². The fourth-order valence-corrected chi connectivity index (χ4v) is 5.35. The molecule has 0 bridgehead atoms. The minimum atomic E-state index is -3.72. The first-order valence-corrected chi connectivity index (χ1v) is 9.96. The van der Waals surface area contributed by atoms with Crippen LogP contribution in [0.4, 0.5) is 5.69 Å². The highest BCUT2D eigenvalue weighted by atomic mass is 35.5. The molecule has 1 aliphatic heterocycles. The summed E-state index contributed by atoms with van der Waals surface area (Å²) in [4.78, 5) is 2.12. The number of hydrogen-bond acceptors (Lipinski definition) is 4. The second kappa shape index (κ2) is 7.41. The highest BCUT2D eigenvalue weighted by molar-refractivity contribution is 7.89. The average Bonchev–Trinajstić information content (AvgIpc) is 2.61. The molecule has 0 atom stereocenters. The molecule has 134 valence electrons. The third-order valence-corrected chi connectivity index (χ3v) is 7.05. The fraction of sp³-hybridized carbons (Fsp3) is 0.294. The lowest BCUT2D eigenvalue weighted by molar-refractivity contribution is 0.385. The van der Waals surface area contributed by atoms with E-state index < -0.39 is 10.0 Å². The summed E-state index contributed by atoms with van der Waals surface area (Å²) in [5.41, 5.74) is 1.04. The molecule has 1 fully saturated rings. The lowest BCUT2D eigenvalue weighted by Gasteiger charge is -2.35. The number of halogens is 2. The van der Waals surface area contributed by atoms with Crippen molar-refractivity contribution in [2.45, 2.75) is 4.90 Å². The van der Waals surface area contributed by atoms with E-state index in [2.05, 4.69) is 4.90 Å². The molecule has 1 heterocycles. The first-order valence-electron chi connectivity index (χ1n) is 7.76. The van der Waals surface area contributed by atoms with Crippen molar-refractivity contribution in [3.63, 3.8) is 0 Å². The van der Waals surface area contributed by atoms with Crippen LogP contribution in [0.15, 0.2) is 47.4 Å². The summed E-state index contributed by atoms with van der Waals surface area (Å²) in [6.45, 7) is 1.92. The van der Waals surface area contributed by atoms with E-state index in [4.69, 9.17) is 27.9 Å². The Hall–Kier alpha value is -1.47. The fourth-order valence-electron chi connectivity index (χ4n) is 2.84. The number of piperazine rings is 1. The Kier molecular flexibility index (Phi) is 5.43. The van der Waals surface area contributed by atoms with E-state index in [0.717, 1.165) is 11.4 Å². The van der Waals surface area contributed by atoms with Crippen molar-refractivity contribution in [1.82, 2.24) is 4.31 Å². The predicted octanol–water partition coefficient (Wildman–Crippen LogP) is 3.51. The van der Waals surface area contributed by atoms with Crippen LogP contribution in [-0.4, -0.2) is 46.0 Å². The summed E-state index contributed by atoms with van der Waals surface area (Å²) in [6, 6.07) is 12.4. The van der Waals surface area contributed by atoms with Crippen LogP contribution in [-0.2, 0) is 10.0 Å². The van der Waals surface area contributed by atoms with E-state index in [1.165, 1.54) is 16.4 Å². The molecule has 0 unspecified atom stereocenters. The van der Waals surface area contributed by atoms with Gasteiger partial charge >= 0.3 is 0 Å². The van der Waals surface area contributed by atoms with Crippen molar-refractivity contribution in [3.8, 4) is 5.75 Å². The van der Waals surface area contributed by atoms with E-state index in [9.17, 15) is 8.42 Å². The van der Waals surface area contributed by atoms with Crippen LogP contribution in [0, 0.1) is 0 Å². The summed E-state index contributed by atoms with van der Waals surface area (Å²) in [7, 11) is -2.09. The summed E-state index contributed by atoms with van der Waals surface area (Å²) in [5, 5.41) is 0.287. The second-order valence-corrected chi connectivity index (χ2v) is 8.33. The van der Waals surface area contributed by atoms with Crippen LogP contribution < -0.4 is 9.64 Å². The molecule has 0 N–H and O–H groups in total. The van der Waals surface area contributed by atoms with Gasteiger partial charge in [0.25, 0.3) is 0 Å². The summed E-state index contributed by atoms with van der Waals surface area (Å²) >= 11 is 12.1. The number of hydrogen-bond donors (Lipinski definition) is 0. The number of sulfonamides is 1. The maximum Gasteiger partial charge on any atom is 0.246 e. The lowest BCUT2D eigenvalue weighted by atomic mass is 10.2. The van der Waals surface area contributed by atoms with Crippen molar-refractivity contribution in [2.24, 2.45) is 0 Å². The maximum atomic E-state index is 12.9. The summed E-state index contributed by atoms with van der Waals surface area (Å²) < 4.78 is 32.3. The Bertz CT molecular complexity index is 828. The van der Waals surface area contributed by atoms with Gasteiger partial charge in [0.05, 0.1) is 17.2 Å². The molecule has 1 aliphatic rings. The van der Waals surface area contributed by atoms with Crippen LogP contribution in [0.2, 0.25) is 10.0 Å². The number of rotatable bonds is 4. The highest BCUT2D eigenvalue weighted by Crippen LogP contribution is 2.32. The van der Waals surface area contributed by atoms with Gasteiger partial charge in [0.15, 0.2) is 0 Å². The van der Waals surface area contributed by atoms with Gasteiger partial charge in [-0.05, 0) is 36.4 Å². The van der Waals surface area contributed by atoms with Crippen LogP contribution >= 0.6 is 23.2 Å². The number of methoxy groups -OCH3 is 1. The second-order valence-electron chi connectivity index (χ2n) is 5.64. The van der Waals surface area contributed by atoms with Gasteiger partial charge in [0.2, 0.25) is 10.0 Å². The quantitative estimate of drug-likeness (QED) is 0.787. The first kappa shape index (κ1) is 18.3. The van der Waals surface area contributed by atoms with E-state index in [1.807, 2.05) is 24.3 Å². The van der Waals surface area contributed by atoms with Gasteiger partial charge in [-0.2, -0.15) is 4.31 Å². The molecular weight excluding hydrogens is 383 g/mol. The van der Waals surface area contributed by atoms with Gasteiger partial charge in [-0.3, -0.25) is 0 Å². The molecule has 0 spiro atoms. The van der Waals surface area contributed by atoms with Crippen molar-refractivity contribution in [2.75, 3.05) is 38.2 Å². The zero-order valence-electron chi connectivity index (χ0n) is 13.7. The van der Waals surface area contributed by atoms with Gasteiger partial charge in [-0.25, -0.2) is 8.42 Å². The Morgan fingerprint density at radius 1 is 0.920 bits per heavy atom. The molecule has 0 saturated carbocycles. The molecule has 0 aliphatic carbocycles. The van der Waals surface area contributed by atoms with Crippen LogP contribution in [0.3, 0.4) is 0 Å². The Balaban J connectivity index is 1.75. The Labute approximate surface area is 157 Å². The van der Waals surface area contributed by atoms with E-state index in [0.29, 0.717) is 26.2 Å². The molecule has 25 heavy (non-hydrogen) atoms. The van der Waals surface area contributed by atoms with Gasteiger partial charge in [-0.1, -0.05) is 29.3 Å². The molecule has 2 aromatic rings. The van der Waals surface area contributed by atoms with Crippen molar-refractivity contribution >= 4 is 38.9 Å². The third kappa shape index (κ3) is 3.72. The molecular formula is C17H18Cl2N2O3S. The minimum absolute atomic E-state index is 0.0174. The van der Waals surface area contributed by atoms with Crippen LogP contribution in [0.25, 0.3) is 0 Å². The predicted molar refractivity (Wildman–Crippen MR) is 100 cm³/mol. The Morgan fingerprint density at radius 3 is 2.00 bits per heavy atom. The molecule has 2 aromatic carbocycles. The van der Waals surface area contributed by atoms with Crippen molar-refractivity contribution in [3.05, 3.63) is 52.5 Å². The van der Waals surface area contributed by atoms with Gasteiger partial charge in [0, 0.05) is 31.9 Å². The first-order chi connectivity index (χ1) is 11.9. The Morgan fingerprint density at radius 2 is 1.48 bits per heavy atom. The molecule has 1 saturated heterocycles. The topological polar surface area (TPSA) is 49.9 Å². The number of nitrogens with zero attached hydrogens (tertiary/aromatic N) is 2. The SMILES string of the molecule is COc1ccc(N2CCN(S(=O)(=O)c3c(Cl)cccc3Cl)CC2)cc1. The molecule has 8 heteroatoms. The molecule has 5 nitrogen and oxygen atoms in total. The largest absolute Gasteiger partial charge is 0.497 e. The monoisotopic (exact) mass is 400 g/mol. The summed E-state index contributed by atoms with van der Waals surface area (Å²) in [5.74, 6) is 0.790. The molecule has 0 amide bonds. The normalized spacial score (nSPS) is 16.0. The molecule has 0 radical (unpaired) electrons. The van der Waals surface area contributed by atoms with E-state index >= 15 is 0 Å². The number of anilines is 1. The van der Waals surface area contributed by atoms with Gasteiger partial charge < -0.3 is 9.64 Å². The maximum absolute atomic E-state index is 12.9. The molecule has 0 aromatic heterocycles. The zero-order valence-corrected chi connectivity index (χ0v) is 16.0. The smallest absolute Gasteiger partial charge is 0.246 e. The van der Waals surface area contributed by atoms with Gasteiger partial charge in [-0.15, -0.1) is 0 Å². The summed E-state index contributed by atoms with van der Waals surface area (Å²) in [6.07, 6.45) is 0. The number of benzene rings is 2. The zero-order chi connectivity index (χ0) is 18.0. The standard InChI is InChI=1S/C17H18Cl2N2O3S/c1-24-14-7-5-13(6-8-14)20-9-11-21(12-10-20)25(22,23)17-15(18)3-2-4-16(17)19/h2-8H,9-12H2,1H3. The highest BCUT2D eigenvalue weighted by Gasteiger charge is 2.31. The molecule has 3 rings (SSSR count). The van der Waals surface area contributed by atoms with E-state index in [1.54, 1.807) is 13.2 Å². The third-order valence-electron chi connectivity index (χ3n) is 4.19. The van der Waals surface area contributed by atoms with Crippen molar-refractivity contribution < 1.29 is 13.2 Å². The van der Waals surface area contributed by atoms with E-state index in [-0.39, 0.29) is 14.9 Å².